The molecule has 1 fully saturated rings. The molecule has 0 aromatic heterocycles. The molecule has 0 unspecified atom stereocenters. The number of nitrogens with zero attached hydrogens (tertiary/aromatic N) is 1. The van der Waals surface area contributed by atoms with Crippen molar-refractivity contribution in [2.75, 3.05) is 18.4 Å². The maximum Gasteiger partial charge on any atom is 0.253 e. The lowest BCUT2D eigenvalue weighted by Crippen LogP contribution is -2.35. The Kier molecular flexibility index (Phi) is 6.63. The van der Waals surface area contributed by atoms with Gasteiger partial charge in [0.1, 0.15) is 0 Å². The molecule has 3 rings (SSSR count). The van der Waals surface area contributed by atoms with Gasteiger partial charge in [-0.1, -0.05) is 17.7 Å². The zero-order valence-corrected chi connectivity index (χ0v) is 18.4. The number of aryl methyl sites for hydroxylation is 2. The van der Waals surface area contributed by atoms with E-state index in [1.807, 2.05) is 24.8 Å². The lowest BCUT2D eigenvalue weighted by molar-refractivity contribution is 0.0724. The Hall–Kier alpha value is -2.33. The van der Waals surface area contributed by atoms with E-state index in [1.165, 1.54) is 6.42 Å². The van der Waals surface area contributed by atoms with Gasteiger partial charge in [-0.3, -0.25) is 9.59 Å². The largest absolute Gasteiger partial charge is 0.380 e. The van der Waals surface area contributed by atoms with E-state index in [-0.39, 0.29) is 11.7 Å². The van der Waals surface area contributed by atoms with Crippen LogP contribution in [0.15, 0.2) is 24.3 Å². The van der Waals surface area contributed by atoms with E-state index >= 15 is 0 Å². The average Bonchev–Trinajstić information content (AvgIpc) is 2.68. The molecule has 1 heterocycles. The van der Waals surface area contributed by atoms with Crippen LogP contribution in [0.25, 0.3) is 0 Å². The van der Waals surface area contributed by atoms with E-state index < -0.39 is 0 Å². The first-order valence-electron chi connectivity index (χ1n) is 10.2. The van der Waals surface area contributed by atoms with Crippen molar-refractivity contribution >= 4 is 29.0 Å². The number of halogens is 1. The predicted octanol–water partition coefficient (Wildman–Crippen LogP) is 5.71. The number of hydrogen-bond acceptors (Lipinski definition) is 3. The summed E-state index contributed by atoms with van der Waals surface area (Å²) in [7, 11) is 0. The molecule has 0 radical (unpaired) electrons. The van der Waals surface area contributed by atoms with Gasteiger partial charge < -0.3 is 10.2 Å². The van der Waals surface area contributed by atoms with Crippen LogP contribution in [0.5, 0.6) is 0 Å². The van der Waals surface area contributed by atoms with Crippen molar-refractivity contribution in [1.29, 1.82) is 0 Å². The molecule has 154 valence electrons. The molecule has 1 saturated heterocycles. The van der Waals surface area contributed by atoms with Crippen molar-refractivity contribution in [2.45, 2.75) is 53.5 Å². The van der Waals surface area contributed by atoms with Crippen LogP contribution < -0.4 is 5.32 Å². The summed E-state index contributed by atoms with van der Waals surface area (Å²) < 4.78 is 0. The SMILES string of the molecule is CC(=O)c1c(C)cc(C)c(CNc2cc(C(=O)N3CCCCC3)ccc2Cl)c1C. The molecule has 4 nitrogen and oxygen atoms in total. The zero-order chi connectivity index (χ0) is 21.1. The second kappa shape index (κ2) is 9.00. The number of Topliss-reactive ketones (excluding diaryl/α,β-unsaturated/α-hetero) is 1. The van der Waals surface area contributed by atoms with Crippen molar-refractivity contribution < 1.29 is 9.59 Å². The standard InChI is InChI=1S/C24H29ClN2O2/c1-15-12-16(2)23(18(4)28)17(3)20(15)14-26-22-13-19(8-9-21(22)25)24(29)27-10-6-5-7-11-27/h8-9,12-13,26H,5-7,10-11,14H2,1-4H3. The fourth-order valence-corrected chi connectivity index (χ4v) is 4.48. The predicted molar refractivity (Wildman–Crippen MR) is 119 cm³/mol. The van der Waals surface area contributed by atoms with E-state index in [0.29, 0.717) is 17.1 Å². The number of rotatable bonds is 5. The van der Waals surface area contributed by atoms with Crippen molar-refractivity contribution in [1.82, 2.24) is 4.90 Å². The van der Waals surface area contributed by atoms with Crippen LogP contribution in [0.1, 0.15) is 69.2 Å². The van der Waals surface area contributed by atoms with E-state index in [0.717, 1.165) is 59.4 Å². The van der Waals surface area contributed by atoms with E-state index in [4.69, 9.17) is 11.6 Å². The Balaban J connectivity index is 1.83. The quantitative estimate of drug-likeness (QED) is 0.640. The number of carbonyl (C=O) groups is 2. The maximum absolute atomic E-state index is 12.8. The molecular weight excluding hydrogens is 384 g/mol. The van der Waals surface area contributed by atoms with Crippen molar-refractivity contribution in [2.24, 2.45) is 0 Å². The number of benzene rings is 2. The molecule has 1 amide bonds. The number of likely N-dealkylation sites (tertiary alicyclic amines) is 1. The molecule has 1 aliphatic rings. The molecule has 0 spiro atoms. The minimum absolute atomic E-state index is 0.0611. The van der Waals surface area contributed by atoms with Gasteiger partial charge in [-0.05, 0) is 87.4 Å². The summed E-state index contributed by atoms with van der Waals surface area (Å²) in [6.07, 6.45) is 3.32. The molecule has 2 aromatic rings. The summed E-state index contributed by atoms with van der Waals surface area (Å²) in [5.74, 6) is 0.138. The highest BCUT2D eigenvalue weighted by atomic mass is 35.5. The molecule has 0 saturated carbocycles. The summed E-state index contributed by atoms with van der Waals surface area (Å²) in [6, 6.07) is 7.46. The first-order chi connectivity index (χ1) is 13.8. The van der Waals surface area contributed by atoms with Gasteiger partial charge in [0.15, 0.2) is 5.78 Å². The molecule has 0 atom stereocenters. The zero-order valence-electron chi connectivity index (χ0n) is 17.7. The first kappa shape index (κ1) is 21.4. The summed E-state index contributed by atoms with van der Waals surface area (Å²) in [5, 5.41) is 3.96. The third-order valence-corrected chi connectivity index (χ3v) is 6.12. The topological polar surface area (TPSA) is 49.4 Å². The second-order valence-corrected chi connectivity index (χ2v) is 8.35. The number of amides is 1. The van der Waals surface area contributed by atoms with Crippen LogP contribution in [0.3, 0.4) is 0 Å². The number of hydrogen-bond donors (Lipinski definition) is 1. The number of carbonyl (C=O) groups excluding carboxylic acids is 2. The normalized spacial score (nSPS) is 14.0. The molecule has 1 aliphatic heterocycles. The van der Waals surface area contributed by atoms with Crippen LogP contribution in [-0.2, 0) is 6.54 Å². The Morgan fingerprint density at radius 1 is 1.03 bits per heavy atom. The highest BCUT2D eigenvalue weighted by Gasteiger charge is 2.19. The fraction of sp³-hybridized carbons (Fsp3) is 0.417. The molecule has 29 heavy (non-hydrogen) atoms. The van der Waals surface area contributed by atoms with Crippen LogP contribution >= 0.6 is 11.6 Å². The summed E-state index contributed by atoms with van der Waals surface area (Å²) in [4.78, 5) is 26.8. The highest BCUT2D eigenvalue weighted by Crippen LogP contribution is 2.28. The lowest BCUT2D eigenvalue weighted by atomic mass is 9.91. The van der Waals surface area contributed by atoms with Crippen LogP contribution in [0.2, 0.25) is 5.02 Å². The number of nitrogens with one attached hydrogen (secondary N) is 1. The molecule has 0 aliphatic carbocycles. The Morgan fingerprint density at radius 3 is 2.38 bits per heavy atom. The van der Waals surface area contributed by atoms with Gasteiger partial charge in [-0.25, -0.2) is 0 Å². The van der Waals surface area contributed by atoms with E-state index in [2.05, 4.69) is 18.3 Å². The monoisotopic (exact) mass is 412 g/mol. The Morgan fingerprint density at radius 2 is 1.72 bits per heavy atom. The number of piperidine rings is 1. The van der Waals surface area contributed by atoms with Gasteiger partial charge in [-0.15, -0.1) is 0 Å². The molecule has 2 aromatic carbocycles. The Labute approximate surface area is 178 Å². The third kappa shape index (κ3) is 4.64. The minimum Gasteiger partial charge on any atom is -0.380 e. The third-order valence-electron chi connectivity index (χ3n) is 5.80. The van der Waals surface area contributed by atoms with E-state index in [9.17, 15) is 9.59 Å². The van der Waals surface area contributed by atoms with Gasteiger partial charge in [-0.2, -0.15) is 0 Å². The number of ketones is 1. The van der Waals surface area contributed by atoms with Crippen LogP contribution in [0.4, 0.5) is 5.69 Å². The van der Waals surface area contributed by atoms with Gasteiger partial charge in [0.25, 0.3) is 5.91 Å². The molecule has 1 N–H and O–H groups in total. The lowest BCUT2D eigenvalue weighted by Gasteiger charge is -2.27. The molecule has 5 heteroatoms. The van der Waals surface area contributed by atoms with Crippen molar-refractivity contribution in [3.05, 3.63) is 62.7 Å². The van der Waals surface area contributed by atoms with Gasteiger partial charge in [0.05, 0.1) is 10.7 Å². The number of anilines is 1. The molecular formula is C24H29ClN2O2. The highest BCUT2D eigenvalue weighted by molar-refractivity contribution is 6.33. The fourth-order valence-electron chi connectivity index (χ4n) is 4.30. The minimum atomic E-state index is 0.0611. The maximum atomic E-state index is 12.8. The first-order valence-corrected chi connectivity index (χ1v) is 10.6. The second-order valence-electron chi connectivity index (χ2n) is 7.95. The van der Waals surface area contributed by atoms with E-state index in [1.54, 1.807) is 19.1 Å². The van der Waals surface area contributed by atoms with Gasteiger partial charge >= 0.3 is 0 Å². The summed E-state index contributed by atoms with van der Waals surface area (Å²) in [6.45, 7) is 9.80. The van der Waals surface area contributed by atoms with Crippen LogP contribution in [-0.4, -0.2) is 29.7 Å². The summed E-state index contributed by atoms with van der Waals surface area (Å²) in [5.41, 5.74) is 6.40. The van der Waals surface area contributed by atoms with Crippen LogP contribution in [0, 0.1) is 20.8 Å². The van der Waals surface area contributed by atoms with Gasteiger partial charge in [0, 0.05) is 30.8 Å². The van der Waals surface area contributed by atoms with Crippen molar-refractivity contribution in [3.63, 3.8) is 0 Å². The summed E-state index contributed by atoms with van der Waals surface area (Å²) >= 11 is 6.40. The average molecular weight is 413 g/mol. The van der Waals surface area contributed by atoms with Gasteiger partial charge in [0.2, 0.25) is 0 Å². The molecule has 0 bridgehead atoms. The van der Waals surface area contributed by atoms with Crippen molar-refractivity contribution in [3.8, 4) is 0 Å². The smallest absolute Gasteiger partial charge is 0.253 e. The Bertz CT molecular complexity index is 946.